The lowest BCUT2D eigenvalue weighted by Crippen LogP contribution is -2.43. The molecule has 8 nitrogen and oxygen atoms in total. The molecular weight excluding hydrogens is 687 g/mol. The van der Waals surface area contributed by atoms with Crippen LogP contribution in [0.25, 0.3) is 38.5 Å². The third-order valence-corrected chi connectivity index (χ3v) is 17.5. The van der Waals surface area contributed by atoms with E-state index in [4.69, 9.17) is 14.5 Å². The van der Waals surface area contributed by atoms with Crippen LogP contribution in [0.15, 0.2) is 41.7 Å². The number of aromatic nitrogens is 3. The molecule has 2 aliphatic rings. The third-order valence-electron chi connectivity index (χ3n) is 10.7. The lowest BCUT2D eigenvalue weighted by atomic mass is 9.94. The molecule has 2 bridgehead atoms. The van der Waals surface area contributed by atoms with Crippen LogP contribution in [-0.2, 0) is 4.74 Å². The first-order chi connectivity index (χ1) is 24.3. The molecule has 51 heavy (non-hydrogen) atoms. The normalized spacial score (nSPS) is 17.4. The van der Waals surface area contributed by atoms with E-state index in [9.17, 15) is 9.90 Å². The van der Waals surface area contributed by atoms with Crippen molar-refractivity contribution in [2.45, 2.75) is 94.7 Å². The summed E-state index contributed by atoms with van der Waals surface area (Å²) >= 11 is 1.29. The summed E-state index contributed by atoms with van der Waals surface area (Å²) in [5, 5.41) is 11.7. The van der Waals surface area contributed by atoms with Crippen molar-refractivity contribution in [3.05, 3.63) is 59.4 Å². The molecule has 1 fully saturated rings. The zero-order valence-corrected chi connectivity index (χ0v) is 32.1. The average Bonchev–Trinajstić information content (AvgIpc) is 3.37. The van der Waals surface area contributed by atoms with Gasteiger partial charge >= 0.3 is 6.09 Å². The van der Waals surface area contributed by atoms with Crippen molar-refractivity contribution in [2.24, 2.45) is 0 Å². The van der Waals surface area contributed by atoms with E-state index in [1.165, 1.54) is 29.8 Å². The molecule has 4 heterocycles. The Kier molecular flexibility index (Phi) is 10.5. The van der Waals surface area contributed by atoms with Gasteiger partial charge < -0.3 is 14.6 Å². The largest absolute Gasteiger partial charge is 0.468 e. The Hall–Kier alpha value is -4.05. The molecule has 0 spiro atoms. The van der Waals surface area contributed by atoms with Crippen LogP contribution >= 0.6 is 11.8 Å². The van der Waals surface area contributed by atoms with Gasteiger partial charge in [0.15, 0.2) is 17.8 Å². The molecule has 12 heteroatoms. The predicted octanol–water partition coefficient (Wildman–Crippen LogP) is 9.70. The summed E-state index contributed by atoms with van der Waals surface area (Å²) < 4.78 is 44.2. The fraction of sp³-hybridized carbons (Fsp3) is 0.436. The highest BCUT2D eigenvalue weighted by atomic mass is 32.2. The number of nitrogens with zero attached hydrogens (tertiary/aromatic N) is 4. The Bertz CT molecular complexity index is 2090. The highest BCUT2D eigenvalue weighted by Gasteiger charge is 2.42. The molecule has 2 atom stereocenters. The number of rotatable bonds is 9. The Morgan fingerprint density at radius 2 is 1.80 bits per heavy atom. The summed E-state index contributed by atoms with van der Waals surface area (Å²) in [6.45, 7) is 13.2. The monoisotopic (exact) mass is 730 g/mol. The fourth-order valence-corrected chi connectivity index (χ4v) is 14.0. The lowest BCUT2D eigenvalue weighted by molar-refractivity contribution is 0.0512. The second kappa shape index (κ2) is 14.5. The van der Waals surface area contributed by atoms with Crippen molar-refractivity contribution in [1.29, 1.82) is 0 Å². The minimum Gasteiger partial charge on any atom is -0.468 e. The van der Waals surface area contributed by atoms with E-state index < -0.39 is 25.8 Å². The average molecular weight is 731 g/mol. The number of thioether (sulfide) groups is 1. The first kappa shape index (κ1) is 36.7. The molecular formula is C39H44F2N4O4SSi. The Morgan fingerprint density at radius 3 is 2.43 bits per heavy atom. The van der Waals surface area contributed by atoms with Gasteiger partial charge in [-0.15, -0.1) is 5.54 Å². The molecule has 0 aliphatic carbocycles. The van der Waals surface area contributed by atoms with Gasteiger partial charge in [0.25, 0.3) is 0 Å². The SMILES string of the molecule is COCOc1cc(-c2ncc3c(C4=C[C@@H]5CC[C@H](C4)N5C(=O)O)nc(SC)nc3c2F)c2c(C#C[Si](C(C)C)(C(C)C)C(C)C)c(F)ccc2c1. The maximum atomic E-state index is 17.1. The number of pyridine rings is 1. The number of carbonyl (C=O) groups is 1. The van der Waals surface area contributed by atoms with Crippen molar-refractivity contribution in [2.75, 3.05) is 20.2 Å². The molecule has 0 saturated carbocycles. The van der Waals surface area contributed by atoms with Crippen molar-refractivity contribution in [3.8, 4) is 28.5 Å². The van der Waals surface area contributed by atoms with Crippen LogP contribution in [0.2, 0.25) is 16.6 Å². The fourth-order valence-electron chi connectivity index (χ4n) is 8.40. The third kappa shape index (κ3) is 6.49. The first-order valence-electron chi connectivity index (χ1n) is 17.4. The Morgan fingerprint density at radius 1 is 1.08 bits per heavy atom. The molecule has 268 valence electrons. The second-order valence-electron chi connectivity index (χ2n) is 14.3. The smallest absolute Gasteiger partial charge is 0.408 e. The van der Waals surface area contributed by atoms with Gasteiger partial charge in [-0.1, -0.05) is 71.4 Å². The molecule has 1 amide bonds. The van der Waals surface area contributed by atoms with Gasteiger partial charge in [0.05, 0.1) is 17.3 Å². The van der Waals surface area contributed by atoms with Crippen LogP contribution in [0.5, 0.6) is 5.75 Å². The van der Waals surface area contributed by atoms with E-state index in [2.05, 4.69) is 63.0 Å². The summed E-state index contributed by atoms with van der Waals surface area (Å²) in [4.78, 5) is 27.5. The summed E-state index contributed by atoms with van der Waals surface area (Å²) in [7, 11) is -0.751. The second-order valence-corrected chi connectivity index (χ2v) is 20.7. The molecule has 1 N–H and O–H groups in total. The maximum absolute atomic E-state index is 17.1. The van der Waals surface area contributed by atoms with Gasteiger partial charge in [0, 0.05) is 35.7 Å². The standard InChI is InChI=1S/C39H44F2N4O4SSi/c1-21(2)51(22(3)4,23(5)6)14-13-29-32(40)12-9-24-17-28(49-20-48-7)18-30(33(24)29)36-34(41)37-31(19-42-36)35(43-38(44-37)50-8)25-15-26-10-11-27(16-25)45(26)39(46)47/h9,12,15,17-19,21-23,26-27H,10-11,16,20H2,1-8H3,(H,46,47)/t26-,27+/m0/s1. The predicted molar refractivity (Wildman–Crippen MR) is 202 cm³/mol. The van der Waals surface area contributed by atoms with E-state index in [-0.39, 0.29) is 35.7 Å². The van der Waals surface area contributed by atoms with Gasteiger partial charge in [-0.2, -0.15) is 0 Å². The Labute approximate surface area is 303 Å². The number of hydrogen-bond donors (Lipinski definition) is 1. The first-order valence-corrected chi connectivity index (χ1v) is 20.8. The number of benzene rings is 2. The Balaban J connectivity index is 1.60. The molecule has 0 radical (unpaired) electrons. The van der Waals surface area contributed by atoms with Crippen molar-refractivity contribution >= 4 is 53.2 Å². The van der Waals surface area contributed by atoms with E-state index in [0.29, 0.717) is 61.4 Å². The molecule has 1 saturated heterocycles. The maximum Gasteiger partial charge on any atom is 0.408 e. The van der Waals surface area contributed by atoms with E-state index in [1.54, 1.807) is 24.4 Å². The van der Waals surface area contributed by atoms with E-state index in [0.717, 1.165) is 18.4 Å². The van der Waals surface area contributed by atoms with Crippen molar-refractivity contribution < 1.29 is 28.2 Å². The number of amides is 1. The van der Waals surface area contributed by atoms with Crippen molar-refractivity contribution in [1.82, 2.24) is 19.9 Å². The highest BCUT2D eigenvalue weighted by molar-refractivity contribution is 7.98. The molecule has 0 unspecified atom stereocenters. The van der Waals surface area contributed by atoms with Gasteiger partial charge in [-0.3, -0.25) is 9.88 Å². The summed E-state index contributed by atoms with van der Waals surface area (Å²) in [6, 6.07) is 6.02. The van der Waals surface area contributed by atoms with E-state index in [1.807, 2.05) is 12.3 Å². The van der Waals surface area contributed by atoms with E-state index >= 15 is 8.78 Å². The number of ether oxygens (including phenoxy) is 2. The molecule has 2 aromatic heterocycles. The quantitative estimate of drug-likeness (QED) is 0.0598. The summed E-state index contributed by atoms with van der Waals surface area (Å²) in [6.07, 6.45) is 6.31. The topological polar surface area (TPSA) is 97.7 Å². The van der Waals surface area contributed by atoms with Crippen LogP contribution < -0.4 is 4.74 Å². The molecule has 2 aromatic carbocycles. The summed E-state index contributed by atoms with van der Waals surface area (Å²) in [5.74, 6) is 2.53. The minimum absolute atomic E-state index is 0.0180. The van der Waals surface area contributed by atoms with Crippen molar-refractivity contribution in [3.63, 3.8) is 0 Å². The zero-order valence-electron chi connectivity index (χ0n) is 30.3. The van der Waals surface area contributed by atoms with Crippen LogP contribution in [0.1, 0.15) is 72.1 Å². The highest BCUT2D eigenvalue weighted by Crippen LogP contribution is 2.44. The molecule has 4 aromatic rings. The molecule has 6 rings (SSSR count). The zero-order chi connectivity index (χ0) is 36.8. The molecule has 2 aliphatic heterocycles. The number of hydrogen-bond acceptors (Lipinski definition) is 7. The van der Waals surface area contributed by atoms with Gasteiger partial charge in [0.2, 0.25) is 0 Å². The van der Waals surface area contributed by atoms with Gasteiger partial charge in [-0.05, 0) is 71.3 Å². The van der Waals surface area contributed by atoms with Crippen LogP contribution in [0, 0.1) is 23.1 Å². The summed E-state index contributed by atoms with van der Waals surface area (Å²) in [5.41, 5.74) is 6.61. The number of halogens is 2. The number of carboxylic acid groups (broad SMARTS) is 1. The van der Waals surface area contributed by atoms with Gasteiger partial charge in [0.1, 0.15) is 30.9 Å². The van der Waals surface area contributed by atoms with Crippen LogP contribution in [-0.4, -0.2) is 71.4 Å². The number of fused-ring (bicyclic) bond motifs is 4. The lowest BCUT2D eigenvalue weighted by Gasteiger charge is -2.38. The van der Waals surface area contributed by atoms with Gasteiger partial charge in [-0.25, -0.2) is 23.5 Å². The van der Waals surface area contributed by atoms with Crippen LogP contribution in [0.3, 0.4) is 0 Å². The number of methoxy groups -OCH3 is 1. The minimum atomic E-state index is -2.26. The van der Waals surface area contributed by atoms with Crippen LogP contribution in [0.4, 0.5) is 13.6 Å².